The fourth-order valence-electron chi connectivity index (χ4n) is 1.79. The molecule has 0 aliphatic rings. The molecule has 128 valence electrons. The Kier molecular flexibility index (Phi) is 6.84. The van der Waals surface area contributed by atoms with E-state index in [-0.39, 0.29) is 6.61 Å². The Bertz CT molecular complexity index is 538. The van der Waals surface area contributed by atoms with Crippen LogP contribution in [0.2, 0.25) is 5.02 Å². The maximum atomic E-state index is 12.0. The molecule has 0 spiro atoms. The molecule has 2 unspecified atom stereocenters. The summed E-state index contributed by atoms with van der Waals surface area (Å²) >= 11 is 5.80. The van der Waals surface area contributed by atoms with E-state index in [0.29, 0.717) is 10.6 Å². The maximum Gasteiger partial charge on any atom is 0.408 e. The number of rotatable bonds is 5. The lowest BCUT2D eigenvalue weighted by Gasteiger charge is -2.25. The second kappa shape index (κ2) is 8.17. The molecule has 0 aliphatic heterocycles. The molecule has 0 aliphatic carbocycles. The van der Waals surface area contributed by atoms with Crippen LogP contribution in [0.5, 0.6) is 0 Å². The van der Waals surface area contributed by atoms with Gasteiger partial charge in [0.05, 0.1) is 6.61 Å². The smallest absolute Gasteiger partial charge is 0.408 e. The first kappa shape index (κ1) is 19.3. The van der Waals surface area contributed by atoms with Gasteiger partial charge in [-0.05, 0) is 45.4 Å². The number of aliphatic hydroxyl groups excluding tert-OH is 1. The molecule has 0 heterocycles. The molecule has 0 radical (unpaired) electrons. The zero-order chi connectivity index (χ0) is 17.6. The SMILES string of the molecule is CCOC(=O)C(NC(=O)OC(C)(C)C)C(O)c1ccc(Cl)cc1. The molecule has 2 atom stereocenters. The number of benzene rings is 1. The number of nitrogens with one attached hydrogen (secondary N) is 1. The van der Waals surface area contributed by atoms with Crippen molar-refractivity contribution < 1.29 is 24.2 Å². The van der Waals surface area contributed by atoms with Gasteiger partial charge >= 0.3 is 12.1 Å². The fraction of sp³-hybridized carbons (Fsp3) is 0.500. The first-order chi connectivity index (χ1) is 10.6. The molecule has 0 fully saturated rings. The number of carbonyl (C=O) groups excluding carboxylic acids is 2. The van der Waals surface area contributed by atoms with Crippen molar-refractivity contribution in [2.24, 2.45) is 0 Å². The van der Waals surface area contributed by atoms with E-state index in [9.17, 15) is 14.7 Å². The van der Waals surface area contributed by atoms with Crippen molar-refractivity contribution >= 4 is 23.7 Å². The van der Waals surface area contributed by atoms with E-state index in [2.05, 4.69) is 5.32 Å². The van der Waals surface area contributed by atoms with Crippen LogP contribution in [0, 0.1) is 0 Å². The molecule has 0 aromatic heterocycles. The number of halogens is 1. The molecular formula is C16H22ClNO5. The van der Waals surface area contributed by atoms with Crippen molar-refractivity contribution in [3.8, 4) is 0 Å². The van der Waals surface area contributed by atoms with Crippen molar-refractivity contribution in [1.29, 1.82) is 0 Å². The molecule has 6 nitrogen and oxygen atoms in total. The lowest BCUT2D eigenvalue weighted by Crippen LogP contribution is -2.47. The average molecular weight is 344 g/mol. The molecule has 0 bridgehead atoms. The molecule has 7 heteroatoms. The van der Waals surface area contributed by atoms with Crippen molar-refractivity contribution in [2.75, 3.05) is 6.61 Å². The largest absolute Gasteiger partial charge is 0.464 e. The predicted octanol–water partition coefficient (Wildman–Crippen LogP) is 2.83. The van der Waals surface area contributed by atoms with Gasteiger partial charge in [0.1, 0.15) is 11.7 Å². The van der Waals surface area contributed by atoms with Crippen LogP contribution in [-0.4, -0.2) is 35.4 Å². The summed E-state index contributed by atoms with van der Waals surface area (Å²) in [6.07, 6.45) is -2.11. The maximum absolute atomic E-state index is 12.0. The van der Waals surface area contributed by atoms with Crippen LogP contribution in [0.25, 0.3) is 0 Å². The summed E-state index contributed by atoms with van der Waals surface area (Å²) in [5.74, 6) is -0.749. The van der Waals surface area contributed by atoms with Gasteiger partial charge in [0.15, 0.2) is 6.04 Å². The van der Waals surface area contributed by atoms with Gasteiger partial charge in [-0.1, -0.05) is 23.7 Å². The van der Waals surface area contributed by atoms with E-state index in [1.54, 1.807) is 52.0 Å². The summed E-state index contributed by atoms with van der Waals surface area (Å²) < 4.78 is 10.0. The fourth-order valence-corrected chi connectivity index (χ4v) is 1.91. The molecule has 1 aromatic rings. The third-order valence-electron chi connectivity index (χ3n) is 2.74. The molecular weight excluding hydrogens is 322 g/mol. The van der Waals surface area contributed by atoms with E-state index in [0.717, 1.165) is 0 Å². The highest BCUT2D eigenvalue weighted by atomic mass is 35.5. The van der Waals surface area contributed by atoms with Crippen LogP contribution in [0.15, 0.2) is 24.3 Å². The minimum atomic E-state index is -1.29. The second-order valence-electron chi connectivity index (χ2n) is 5.87. The molecule has 0 saturated carbocycles. The lowest BCUT2D eigenvalue weighted by atomic mass is 10.0. The van der Waals surface area contributed by atoms with Crippen molar-refractivity contribution in [3.05, 3.63) is 34.9 Å². The van der Waals surface area contributed by atoms with E-state index >= 15 is 0 Å². The Balaban J connectivity index is 2.93. The van der Waals surface area contributed by atoms with Gasteiger partial charge in [0, 0.05) is 5.02 Å². The number of alkyl carbamates (subject to hydrolysis) is 1. The standard InChI is InChI=1S/C16H22ClNO5/c1-5-22-14(20)12(18-15(21)23-16(2,3)4)13(19)10-6-8-11(17)9-7-10/h6-9,12-13,19H,5H2,1-4H3,(H,18,21). The quantitative estimate of drug-likeness (QED) is 0.803. The minimum Gasteiger partial charge on any atom is -0.464 e. The van der Waals surface area contributed by atoms with Gasteiger partial charge in [0.2, 0.25) is 0 Å². The molecule has 1 rings (SSSR count). The predicted molar refractivity (Wildman–Crippen MR) is 86.2 cm³/mol. The van der Waals surface area contributed by atoms with Crippen molar-refractivity contribution in [2.45, 2.75) is 45.4 Å². The Labute approximate surface area is 140 Å². The third kappa shape index (κ3) is 6.46. The van der Waals surface area contributed by atoms with Gasteiger partial charge < -0.3 is 19.9 Å². The normalized spacial score (nSPS) is 13.8. The number of hydrogen-bond acceptors (Lipinski definition) is 5. The number of aliphatic hydroxyl groups is 1. The summed E-state index contributed by atoms with van der Waals surface area (Å²) in [5.41, 5.74) is -0.308. The number of hydrogen-bond donors (Lipinski definition) is 2. The number of esters is 1. The molecule has 2 N–H and O–H groups in total. The van der Waals surface area contributed by atoms with Crippen LogP contribution in [-0.2, 0) is 14.3 Å². The van der Waals surface area contributed by atoms with E-state index in [4.69, 9.17) is 21.1 Å². The highest BCUT2D eigenvalue weighted by Gasteiger charge is 2.32. The van der Waals surface area contributed by atoms with E-state index in [1.807, 2.05) is 0 Å². The number of carbonyl (C=O) groups is 2. The molecule has 1 amide bonds. The van der Waals surface area contributed by atoms with E-state index in [1.165, 1.54) is 0 Å². The zero-order valence-corrected chi connectivity index (χ0v) is 14.4. The summed E-state index contributed by atoms with van der Waals surface area (Å²) in [7, 11) is 0. The topological polar surface area (TPSA) is 84.9 Å². The Hall–Kier alpha value is -1.79. The Morgan fingerprint density at radius 1 is 1.26 bits per heavy atom. The van der Waals surface area contributed by atoms with Crippen molar-refractivity contribution in [1.82, 2.24) is 5.32 Å². The van der Waals surface area contributed by atoms with Gasteiger partial charge in [-0.3, -0.25) is 0 Å². The summed E-state index contributed by atoms with van der Waals surface area (Å²) in [4.78, 5) is 23.9. The Morgan fingerprint density at radius 3 is 2.30 bits per heavy atom. The van der Waals surface area contributed by atoms with Gasteiger partial charge in [-0.2, -0.15) is 0 Å². The van der Waals surface area contributed by atoms with Crippen LogP contribution < -0.4 is 5.32 Å². The van der Waals surface area contributed by atoms with E-state index < -0.39 is 29.8 Å². The first-order valence-corrected chi connectivity index (χ1v) is 7.61. The summed E-state index contributed by atoms with van der Waals surface area (Å²) in [6.45, 7) is 6.85. The highest BCUT2D eigenvalue weighted by Crippen LogP contribution is 2.21. The zero-order valence-electron chi connectivity index (χ0n) is 13.6. The Morgan fingerprint density at radius 2 is 1.83 bits per heavy atom. The van der Waals surface area contributed by atoms with Crippen LogP contribution in [0.1, 0.15) is 39.4 Å². The average Bonchev–Trinajstić information content (AvgIpc) is 2.43. The van der Waals surface area contributed by atoms with Crippen LogP contribution in [0.4, 0.5) is 4.79 Å². The molecule has 1 aromatic carbocycles. The second-order valence-corrected chi connectivity index (χ2v) is 6.31. The summed E-state index contributed by atoms with van der Waals surface area (Å²) in [5, 5.41) is 13.2. The minimum absolute atomic E-state index is 0.124. The first-order valence-electron chi connectivity index (χ1n) is 7.23. The van der Waals surface area contributed by atoms with Gasteiger partial charge in [-0.15, -0.1) is 0 Å². The van der Waals surface area contributed by atoms with Crippen molar-refractivity contribution in [3.63, 3.8) is 0 Å². The molecule has 23 heavy (non-hydrogen) atoms. The highest BCUT2D eigenvalue weighted by molar-refractivity contribution is 6.30. The molecule has 0 saturated heterocycles. The number of amides is 1. The number of ether oxygens (including phenoxy) is 2. The lowest BCUT2D eigenvalue weighted by molar-refractivity contribution is -0.148. The van der Waals surface area contributed by atoms with Gasteiger partial charge in [-0.25, -0.2) is 9.59 Å². The monoisotopic (exact) mass is 343 g/mol. The van der Waals surface area contributed by atoms with Gasteiger partial charge in [0.25, 0.3) is 0 Å². The third-order valence-corrected chi connectivity index (χ3v) is 2.99. The van der Waals surface area contributed by atoms with Crippen LogP contribution in [0.3, 0.4) is 0 Å². The summed E-state index contributed by atoms with van der Waals surface area (Å²) in [6, 6.07) is 5.00. The van der Waals surface area contributed by atoms with Crippen LogP contribution >= 0.6 is 11.6 Å².